The molecule has 1 saturated heterocycles. The molecule has 0 aliphatic carbocycles. The Balaban J connectivity index is 2.12. The first kappa shape index (κ1) is 5.84. The van der Waals surface area contributed by atoms with Crippen LogP contribution in [-0.2, 0) is 9.31 Å². The molecule has 40 valence electrons. The molecule has 0 N–H and O–H groups in total. The monoisotopic (exact) mass is 212 g/mol. The van der Waals surface area contributed by atoms with E-state index in [1.54, 1.807) is 0 Å². The molecule has 4 heteroatoms. The van der Waals surface area contributed by atoms with E-state index in [4.69, 9.17) is 9.31 Å². The van der Waals surface area contributed by atoms with E-state index < -0.39 is 0 Å². The van der Waals surface area contributed by atoms with E-state index >= 15 is 0 Å². The lowest BCUT2D eigenvalue weighted by molar-refractivity contribution is 0.153. The second kappa shape index (κ2) is 2.89. The lowest BCUT2D eigenvalue weighted by Gasteiger charge is -2.13. The summed E-state index contributed by atoms with van der Waals surface area (Å²) in [5, 5.41) is 0. The third-order valence-corrected chi connectivity index (χ3v) is 1.51. The molecule has 0 aromatic heterocycles. The predicted molar refractivity (Wildman–Crippen MR) is 36.3 cm³/mol. The van der Waals surface area contributed by atoms with Crippen LogP contribution in [0.15, 0.2) is 0 Å². The minimum absolute atomic E-state index is 0.00588. The molecule has 0 saturated carbocycles. The van der Waals surface area contributed by atoms with E-state index in [9.17, 15) is 0 Å². The maximum atomic E-state index is 5.04. The summed E-state index contributed by atoms with van der Waals surface area (Å²) in [6, 6.07) is 0. The highest BCUT2D eigenvalue weighted by Crippen LogP contribution is 2.05. The van der Waals surface area contributed by atoms with Crippen LogP contribution in [0.4, 0.5) is 0 Å². The minimum Gasteiger partial charge on any atom is -0.402 e. The van der Waals surface area contributed by atoms with Crippen LogP contribution in [0.25, 0.3) is 0 Å². The fourth-order valence-electron chi connectivity index (χ4n) is 0.459. The molecule has 1 aliphatic heterocycles. The van der Waals surface area contributed by atoms with Crippen molar-refractivity contribution in [2.75, 3.05) is 13.2 Å². The van der Waals surface area contributed by atoms with Gasteiger partial charge in [-0.05, 0) is 6.42 Å². The highest BCUT2D eigenvalue weighted by atomic mass is 127. The van der Waals surface area contributed by atoms with Gasteiger partial charge in [0.15, 0.2) is 0 Å². The molecular weight excluding hydrogens is 206 g/mol. The number of rotatable bonds is 0. The Labute approximate surface area is 56.6 Å². The van der Waals surface area contributed by atoms with Crippen LogP contribution in [0, 0.1) is 0 Å². The van der Waals surface area contributed by atoms with E-state index in [1.165, 1.54) is 0 Å². The topological polar surface area (TPSA) is 18.5 Å². The van der Waals surface area contributed by atoms with Crippen molar-refractivity contribution in [3.05, 3.63) is 0 Å². The van der Waals surface area contributed by atoms with Gasteiger partial charge in [-0.15, -0.1) is 0 Å². The molecule has 7 heavy (non-hydrogen) atoms. The van der Waals surface area contributed by atoms with Gasteiger partial charge in [-0.3, -0.25) is 0 Å². The lowest BCUT2D eigenvalue weighted by atomic mass is 10.3. The summed E-state index contributed by atoms with van der Waals surface area (Å²) < 4.78 is 10.1. The van der Waals surface area contributed by atoms with Gasteiger partial charge in [0, 0.05) is 13.2 Å². The normalized spacial score (nSPS) is 22.7. The van der Waals surface area contributed by atoms with E-state index in [-0.39, 0.29) is 4.97 Å². The number of halogens is 1. The van der Waals surface area contributed by atoms with Crippen molar-refractivity contribution in [1.82, 2.24) is 0 Å². The standard InChI is InChI=1S/C3H6BIO2/c5-4-6-2-1-3-7-4/h1-3H2. The van der Waals surface area contributed by atoms with E-state index in [2.05, 4.69) is 22.4 Å². The zero-order chi connectivity index (χ0) is 5.11. The Hall–Kier alpha value is 0.715. The van der Waals surface area contributed by atoms with Crippen LogP contribution in [0.1, 0.15) is 6.42 Å². The fraction of sp³-hybridized carbons (Fsp3) is 1.00. The number of hydrogen-bond donors (Lipinski definition) is 0. The average molecular weight is 212 g/mol. The molecule has 1 fully saturated rings. The fourth-order valence-corrected chi connectivity index (χ4v) is 0.968. The van der Waals surface area contributed by atoms with Gasteiger partial charge in [0.25, 0.3) is 0 Å². The zero-order valence-electron chi connectivity index (χ0n) is 3.89. The summed E-state index contributed by atoms with van der Waals surface area (Å²) in [6.45, 7) is 1.71. The first-order valence-electron chi connectivity index (χ1n) is 2.27. The first-order valence-corrected chi connectivity index (χ1v) is 3.51. The van der Waals surface area contributed by atoms with Crippen molar-refractivity contribution in [3.63, 3.8) is 0 Å². The molecule has 1 rings (SSSR count). The van der Waals surface area contributed by atoms with Crippen LogP contribution in [0.2, 0.25) is 0 Å². The zero-order valence-corrected chi connectivity index (χ0v) is 6.05. The quantitative estimate of drug-likeness (QED) is 0.437. The Bertz CT molecular complexity index is 54.9. The van der Waals surface area contributed by atoms with Gasteiger partial charge >= 0.3 is 4.97 Å². The maximum Gasteiger partial charge on any atom is 0.532 e. The molecule has 0 amide bonds. The van der Waals surface area contributed by atoms with Crippen LogP contribution < -0.4 is 0 Å². The largest absolute Gasteiger partial charge is 0.532 e. The van der Waals surface area contributed by atoms with Gasteiger partial charge < -0.3 is 9.31 Å². The Morgan fingerprint density at radius 3 is 2.14 bits per heavy atom. The summed E-state index contributed by atoms with van der Waals surface area (Å²) in [7, 11) is 0. The van der Waals surface area contributed by atoms with E-state index in [0.29, 0.717) is 0 Å². The smallest absolute Gasteiger partial charge is 0.402 e. The van der Waals surface area contributed by atoms with Gasteiger partial charge in [0.05, 0.1) is 0 Å². The molecule has 1 aliphatic rings. The molecule has 0 aromatic carbocycles. The molecule has 0 aromatic rings. The van der Waals surface area contributed by atoms with Gasteiger partial charge in [-0.2, -0.15) is 0 Å². The summed E-state index contributed by atoms with van der Waals surface area (Å²) in [4.78, 5) is 0.00588. The van der Waals surface area contributed by atoms with E-state index in [0.717, 1.165) is 19.6 Å². The summed E-state index contributed by atoms with van der Waals surface area (Å²) in [6.07, 6.45) is 1.04. The third kappa shape index (κ3) is 1.97. The molecule has 1 heterocycles. The highest BCUT2D eigenvalue weighted by Gasteiger charge is 2.15. The third-order valence-electron chi connectivity index (χ3n) is 0.786. The van der Waals surface area contributed by atoms with Crippen molar-refractivity contribution < 1.29 is 9.31 Å². The summed E-state index contributed by atoms with van der Waals surface area (Å²) >= 11 is 2.11. The van der Waals surface area contributed by atoms with Gasteiger partial charge in [0.2, 0.25) is 0 Å². The Kier molecular flexibility index (Phi) is 2.41. The molecule has 0 radical (unpaired) electrons. The van der Waals surface area contributed by atoms with Crippen LogP contribution in [0.3, 0.4) is 0 Å². The second-order valence-electron chi connectivity index (χ2n) is 1.37. The highest BCUT2D eigenvalue weighted by molar-refractivity contribution is 14.1. The molecule has 0 bridgehead atoms. The van der Waals surface area contributed by atoms with Crippen molar-refractivity contribution in [3.8, 4) is 0 Å². The Morgan fingerprint density at radius 2 is 1.86 bits per heavy atom. The first-order chi connectivity index (χ1) is 3.39. The predicted octanol–water partition coefficient (Wildman–Crippen LogP) is 0.843. The van der Waals surface area contributed by atoms with Crippen molar-refractivity contribution in [1.29, 1.82) is 0 Å². The minimum atomic E-state index is 0.00588. The maximum absolute atomic E-state index is 5.04. The van der Waals surface area contributed by atoms with Gasteiger partial charge in [-0.1, -0.05) is 22.4 Å². The van der Waals surface area contributed by atoms with Crippen molar-refractivity contribution in [2.24, 2.45) is 0 Å². The SMILES string of the molecule is IB1OCCCO1. The summed E-state index contributed by atoms with van der Waals surface area (Å²) in [5.41, 5.74) is 0. The Morgan fingerprint density at radius 1 is 1.29 bits per heavy atom. The average Bonchev–Trinajstić information content (AvgIpc) is 1.69. The van der Waals surface area contributed by atoms with Gasteiger partial charge in [-0.25, -0.2) is 0 Å². The molecule has 0 atom stereocenters. The van der Waals surface area contributed by atoms with Crippen molar-refractivity contribution in [2.45, 2.75) is 6.42 Å². The van der Waals surface area contributed by atoms with Crippen molar-refractivity contribution >= 4 is 27.3 Å². The van der Waals surface area contributed by atoms with Crippen LogP contribution in [-0.4, -0.2) is 18.2 Å². The molecule has 2 nitrogen and oxygen atoms in total. The molecule has 0 unspecified atom stereocenters. The summed E-state index contributed by atoms with van der Waals surface area (Å²) in [5.74, 6) is 0. The van der Waals surface area contributed by atoms with Crippen LogP contribution >= 0.6 is 22.4 Å². The molecule has 0 spiro atoms. The second-order valence-corrected chi connectivity index (χ2v) is 2.39. The van der Waals surface area contributed by atoms with E-state index in [1.807, 2.05) is 0 Å². The lowest BCUT2D eigenvalue weighted by Crippen LogP contribution is -2.23. The van der Waals surface area contributed by atoms with Gasteiger partial charge in [0.1, 0.15) is 0 Å². The van der Waals surface area contributed by atoms with Crippen LogP contribution in [0.5, 0.6) is 0 Å². The molecular formula is C3H6BIO2. The number of hydrogen-bond acceptors (Lipinski definition) is 2.